The van der Waals surface area contributed by atoms with Gasteiger partial charge >= 0.3 is 0 Å². The van der Waals surface area contributed by atoms with Gasteiger partial charge in [0.1, 0.15) is 17.8 Å². The summed E-state index contributed by atoms with van der Waals surface area (Å²) in [7, 11) is 0. The molecule has 1 aliphatic carbocycles. The second-order valence-corrected chi connectivity index (χ2v) is 13.4. The Morgan fingerprint density at radius 2 is 2.02 bits per heavy atom. The molecule has 2 aromatic rings. The third-order valence-electron chi connectivity index (χ3n) is 7.66. The number of aryl methyl sites for hydroxylation is 1. The normalized spacial score (nSPS) is 20.2. The summed E-state index contributed by atoms with van der Waals surface area (Å²) in [4.78, 5) is 46.3. The summed E-state index contributed by atoms with van der Waals surface area (Å²) in [6, 6.07) is 3.79. The topological polar surface area (TPSA) is 121 Å². The minimum absolute atomic E-state index is 0.0564. The van der Waals surface area contributed by atoms with Crippen LogP contribution < -0.4 is 15.4 Å². The number of rotatable bonds is 12. The van der Waals surface area contributed by atoms with Crippen molar-refractivity contribution in [3.8, 4) is 16.2 Å². The number of ether oxygens (including phenoxy) is 1. The van der Waals surface area contributed by atoms with Crippen LogP contribution in [0.2, 0.25) is 0 Å². The number of β-amino-alcohol motifs (C(OH)–C–C–N with tert-alkyl or cyclic N) is 1. The van der Waals surface area contributed by atoms with Crippen LogP contribution >= 0.6 is 22.9 Å². The van der Waals surface area contributed by atoms with E-state index in [1.807, 2.05) is 25.1 Å². The van der Waals surface area contributed by atoms with E-state index in [1.54, 1.807) is 26.3 Å². The van der Waals surface area contributed by atoms with Gasteiger partial charge in [-0.25, -0.2) is 9.37 Å². The lowest BCUT2D eigenvalue weighted by Gasteiger charge is -2.35. The molecule has 9 nitrogen and oxygen atoms in total. The summed E-state index contributed by atoms with van der Waals surface area (Å²) in [5.74, 6) is -0.594. The van der Waals surface area contributed by atoms with Crippen molar-refractivity contribution in [2.45, 2.75) is 90.2 Å². The fourth-order valence-electron chi connectivity index (χ4n) is 4.95. The first-order valence-electron chi connectivity index (χ1n) is 14.3. The Bertz CT molecular complexity index is 1290. The van der Waals surface area contributed by atoms with Gasteiger partial charge in [0.25, 0.3) is 5.91 Å². The van der Waals surface area contributed by atoms with Gasteiger partial charge in [-0.05, 0) is 49.7 Å². The van der Waals surface area contributed by atoms with Crippen LogP contribution in [0, 0.1) is 12.3 Å². The maximum atomic E-state index is 14.4. The summed E-state index contributed by atoms with van der Waals surface area (Å²) in [6.45, 7) is 7.79. The minimum Gasteiger partial charge on any atom is -0.493 e. The fourth-order valence-corrected chi connectivity index (χ4v) is 5.94. The van der Waals surface area contributed by atoms with Crippen molar-refractivity contribution in [2.75, 3.05) is 19.0 Å². The molecule has 0 radical (unpaired) electrons. The summed E-state index contributed by atoms with van der Waals surface area (Å²) in [5, 5.41) is 15.9. The molecule has 1 saturated heterocycles. The van der Waals surface area contributed by atoms with E-state index >= 15 is 0 Å². The zero-order valence-electron chi connectivity index (χ0n) is 24.5. The predicted octanol–water partition coefficient (Wildman–Crippen LogP) is 4.13. The fraction of sp³-hybridized carbons (Fsp3) is 0.600. The number of aromatic nitrogens is 1. The number of nitrogens with one attached hydrogen (secondary N) is 2. The molecule has 3 atom stereocenters. The Labute approximate surface area is 255 Å². The van der Waals surface area contributed by atoms with Gasteiger partial charge in [0.05, 0.1) is 28.8 Å². The lowest BCUT2D eigenvalue weighted by Crippen LogP contribution is -2.59. The highest BCUT2D eigenvalue weighted by Crippen LogP contribution is 2.40. The quantitative estimate of drug-likeness (QED) is 0.242. The average Bonchev–Trinajstić information content (AvgIpc) is 3.35. The Morgan fingerprint density at radius 1 is 1.29 bits per heavy atom. The molecule has 0 unspecified atom stereocenters. The van der Waals surface area contributed by atoms with Crippen LogP contribution in [0.4, 0.5) is 4.39 Å². The second-order valence-electron chi connectivity index (χ2n) is 12.2. The zero-order chi connectivity index (χ0) is 30.7. The van der Waals surface area contributed by atoms with E-state index in [2.05, 4.69) is 15.6 Å². The van der Waals surface area contributed by atoms with Gasteiger partial charge < -0.3 is 25.4 Å². The Hall–Kier alpha value is -2.76. The van der Waals surface area contributed by atoms with Crippen LogP contribution in [-0.2, 0) is 20.9 Å². The third kappa shape index (κ3) is 7.60. The molecule has 2 fully saturated rings. The predicted molar refractivity (Wildman–Crippen MR) is 160 cm³/mol. The molecular weight excluding hydrogens is 583 g/mol. The largest absolute Gasteiger partial charge is 0.493 e. The smallest absolute Gasteiger partial charge is 0.258 e. The number of carbonyl (C=O) groups is 3. The first-order valence-corrected chi connectivity index (χ1v) is 15.7. The summed E-state index contributed by atoms with van der Waals surface area (Å²) < 4.78 is 20.5. The number of unbranched alkanes of at least 4 members (excludes halogenated alkanes) is 1. The molecule has 42 heavy (non-hydrogen) atoms. The summed E-state index contributed by atoms with van der Waals surface area (Å²) in [6.07, 6.45) is 1.00. The number of carbonyl (C=O) groups excluding carboxylic acids is 3. The lowest BCUT2D eigenvalue weighted by molar-refractivity contribution is -0.145. The number of amides is 3. The molecule has 3 N–H and O–H groups in total. The van der Waals surface area contributed by atoms with E-state index in [4.69, 9.17) is 16.3 Å². The summed E-state index contributed by atoms with van der Waals surface area (Å²) >= 11 is 7.35. The molecule has 1 aromatic carbocycles. The van der Waals surface area contributed by atoms with Crippen molar-refractivity contribution in [1.29, 1.82) is 0 Å². The van der Waals surface area contributed by atoms with E-state index in [0.29, 0.717) is 18.2 Å². The highest BCUT2D eigenvalue weighted by atomic mass is 35.5. The zero-order valence-corrected chi connectivity index (χ0v) is 26.1. The number of nitrogens with zero attached hydrogens (tertiary/aromatic N) is 2. The van der Waals surface area contributed by atoms with E-state index in [9.17, 15) is 23.9 Å². The van der Waals surface area contributed by atoms with Gasteiger partial charge in [0.15, 0.2) is 5.67 Å². The first kappa shape index (κ1) is 32.2. The molecule has 4 rings (SSSR count). The standard InChI is InChI=1S/C30H40ClFN4O5S/c1-18-24(42-17-34-18)19-7-8-20(23(13-19)41-12-6-5-11-31)15-33-26(38)22-14-21(37)16-36(22)27(39)25(29(2,3)4)35-28(40)30(32)9-10-30/h7-8,13,17,21-22,25,37H,5-6,9-12,14-16H2,1-4H3,(H,33,38)(H,35,40)/t21-,22+,25-/m1/s1. The van der Waals surface area contributed by atoms with Crippen molar-refractivity contribution in [1.82, 2.24) is 20.5 Å². The maximum absolute atomic E-state index is 14.4. The van der Waals surface area contributed by atoms with Crippen molar-refractivity contribution < 1.29 is 28.6 Å². The molecule has 1 saturated carbocycles. The monoisotopic (exact) mass is 622 g/mol. The number of alkyl halides is 2. The minimum atomic E-state index is -1.94. The van der Waals surface area contributed by atoms with E-state index in [0.717, 1.165) is 34.5 Å². The third-order valence-corrected chi connectivity index (χ3v) is 8.91. The SMILES string of the molecule is Cc1ncsc1-c1ccc(CNC(=O)[C@@H]2C[C@@H](O)CN2C(=O)[C@@H](NC(=O)C2(F)CC2)C(C)(C)C)c(OCCCCCl)c1. The number of hydrogen-bond donors (Lipinski definition) is 3. The lowest BCUT2D eigenvalue weighted by atomic mass is 9.85. The van der Waals surface area contributed by atoms with Crippen molar-refractivity contribution in [2.24, 2.45) is 5.41 Å². The molecule has 0 spiro atoms. The number of aliphatic hydroxyl groups excluding tert-OH is 1. The van der Waals surface area contributed by atoms with Crippen LogP contribution in [0.25, 0.3) is 10.4 Å². The number of likely N-dealkylation sites (tertiary alicyclic amines) is 1. The maximum Gasteiger partial charge on any atom is 0.258 e. The molecule has 230 valence electrons. The molecule has 1 aliphatic heterocycles. The van der Waals surface area contributed by atoms with Crippen molar-refractivity contribution >= 4 is 40.7 Å². The molecule has 0 bridgehead atoms. The van der Waals surface area contributed by atoms with Crippen LogP contribution in [0.15, 0.2) is 23.7 Å². The molecule has 3 amide bonds. The van der Waals surface area contributed by atoms with Crippen molar-refractivity contribution in [3.63, 3.8) is 0 Å². The molecule has 12 heteroatoms. The summed E-state index contributed by atoms with van der Waals surface area (Å²) in [5.41, 5.74) is 1.74. The van der Waals surface area contributed by atoms with Crippen LogP contribution in [0.3, 0.4) is 0 Å². The van der Waals surface area contributed by atoms with E-state index in [-0.39, 0.29) is 32.4 Å². The van der Waals surface area contributed by atoms with Crippen LogP contribution in [0.5, 0.6) is 5.75 Å². The highest BCUT2D eigenvalue weighted by Gasteiger charge is 2.53. The average molecular weight is 623 g/mol. The van der Waals surface area contributed by atoms with Gasteiger partial charge in [0.2, 0.25) is 11.8 Å². The van der Waals surface area contributed by atoms with Gasteiger partial charge in [-0.15, -0.1) is 22.9 Å². The Balaban J connectivity index is 1.48. The van der Waals surface area contributed by atoms with Crippen LogP contribution in [-0.4, -0.2) is 75.6 Å². The van der Waals surface area contributed by atoms with Gasteiger partial charge in [0, 0.05) is 31.0 Å². The number of aliphatic hydroxyl groups is 1. The number of benzene rings is 1. The Kier molecular flexibility index (Phi) is 10.2. The second kappa shape index (κ2) is 13.3. The van der Waals surface area contributed by atoms with Gasteiger partial charge in [-0.1, -0.05) is 32.9 Å². The van der Waals surface area contributed by atoms with Crippen LogP contribution in [0.1, 0.15) is 64.1 Å². The molecule has 2 aliphatic rings. The highest BCUT2D eigenvalue weighted by molar-refractivity contribution is 7.13. The number of hydrogen-bond acceptors (Lipinski definition) is 7. The first-order chi connectivity index (χ1) is 19.8. The van der Waals surface area contributed by atoms with E-state index in [1.165, 1.54) is 16.2 Å². The van der Waals surface area contributed by atoms with E-state index < -0.39 is 47.0 Å². The molecule has 2 heterocycles. The number of thiazole rings is 1. The molecule has 1 aromatic heterocycles. The molecular formula is C30H40ClFN4O5S. The Morgan fingerprint density at radius 3 is 2.64 bits per heavy atom. The van der Waals surface area contributed by atoms with Gasteiger partial charge in [-0.2, -0.15) is 0 Å². The van der Waals surface area contributed by atoms with Crippen molar-refractivity contribution in [3.05, 3.63) is 35.0 Å². The van der Waals surface area contributed by atoms with Gasteiger partial charge in [-0.3, -0.25) is 14.4 Å². The number of halogens is 2.